The molecule has 0 aliphatic rings. The van der Waals surface area contributed by atoms with Crippen LogP contribution in [0.5, 0.6) is 0 Å². The normalized spacial score (nSPS) is 10.9. The van der Waals surface area contributed by atoms with Crippen LogP contribution in [0, 0.1) is 11.3 Å². The molecule has 1 amide bonds. The number of rotatable bonds is 8. The summed E-state index contributed by atoms with van der Waals surface area (Å²) in [6.07, 6.45) is 0. The average Bonchev–Trinajstić information content (AvgIpc) is 3.47. The Labute approximate surface area is 189 Å². The Morgan fingerprint density at radius 2 is 2.13 bits per heavy atom. The van der Waals surface area contributed by atoms with Gasteiger partial charge in [0.1, 0.15) is 16.9 Å². The predicted molar refractivity (Wildman–Crippen MR) is 123 cm³/mol. The molecule has 0 radical (unpaired) electrons. The maximum atomic E-state index is 12.3. The number of thiazole rings is 1. The Hall–Kier alpha value is -2.39. The SMILES string of the molecule is CCn1c(CSc2nc3ccccc3s2)nnc1SCC(=O)Nc1sccc1C#N. The van der Waals surface area contributed by atoms with Crippen LogP contribution in [0.2, 0.25) is 0 Å². The van der Waals surface area contributed by atoms with Crippen LogP contribution in [0.1, 0.15) is 18.3 Å². The van der Waals surface area contributed by atoms with Gasteiger partial charge in [-0.05, 0) is 30.5 Å². The van der Waals surface area contributed by atoms with Crippen molar-refractivity contribution in [2.24, 2.45) is 0 Å². The van der Waals surface area contributed by atoms with Crippen LogP contribution in [0.4, 0.5) is 5.00 Å². The van der Waals surface area contributed by atoms with E-state index in [1.807, 2.05) is 29.7 Å². The molecule has 30 heavy (non-hydrogen) atoms. The van der Waals surface area contributed by atoms with Gasteiger partial charge in [-0.15, -0.1) is 32.9 Å². The van der Waals surface area contributed by atoms with Gasteiger partial charge in [-0.25, -0.2) is 4.98 Å². The number of carbonyl (C=O) groups is 1. The van der Waals surface area contributed by atoms with E-state index in [1.165, 1.54) is 27.8 Å². The molecule has 7 nitrogen and oxygen atoms in total. The summed E-state index contributed by atoms with van der Waals surface area (Å²) < 4.78 is 4.19. The van der Waals surface area contributed by atoms with Crippen LogP contribution in [-0.4, -0.2) is 31.4 Å². The predicted octanol–water partition coefficient (Wildman–Crippen LogP) is 4.86. The molecule has 4 rings (SSSR count). The van der Waals surface area contributed by atoms with Gasteiger partial charge in [0.15, 0.2) is 9.50 Å². The van der Waals surface area contributed by atoms with Gasteiger partial charge in [0.25, 0.3) is 0 Å². The number of anilines is 1. The van der Waals surface area contributed by atoms with Gasteiger partial charge in [-0.1, -0.05) is 35.7 Å². The fourth-order valence-electron chi connectivity index (χ4n) is 2.68. The van der Waals surface area contributed by atoms with Gasteiger partial charge in [-0.2, -0.15) is 5.26 Å². The molecule has 0 atom stereocenters. The Balaban J connectivity index is 1.37. The first-order chi connectivity index (χ1) is 14.7. The van der Waals surface area contributed by atoms with Crippen LogP contribution >= 0.6 is 46.2 Å². The fourth-order valence-corrected chi connectivity index (χ4v) is 6.26. The van der Waals surface area contributed by atoms with Crippen molar-refractivity contribution in [1.29, 1.82) is 5.26 Å². The fraction of sp³-hybridized carbons (Fsp3) is 0.211. The van der Waals surface area contributed by atoms with E-state index in [4.69, 9.17) is 5.26 Å². The molecule has 0 saturated heterocycles. The highest BCUT2D eigenvalue weighted by atomic mass is 32.2. The van der Waals surface area contributed by atoms with E-state index in [0.29, 0.717) is 21.5 Å². The maximum absolute atomic E-state index is 12.3. The Morgan fingerprint density at radius 3 is 2.93 bits per heavy atom. The summed E-state index contributed by atoms with van der Waals surface area (Å²) in [6.45, 7) is 2.75. The van der Waals surface area contributed by atoms with Crippen LogP contribution in [0.3, 0.4) is 0 Å². The molecule has 1 N–H and O–H groups in total. The van der Waals surface area contributed by atoms with Crippen molar-refractivity contribution in [1.82, 2.24) is 19.7 Å². The Morgan fingerprint density at radius 1 is 1.27 bits per heavy atom. The van der Waals surface area contributed by atoms with E-state index in [-0.39, 0.29) is 11.7 Å². The van der Waals surface area contributed by atoms with Crippen molar-refractivity contribution in [3.63, 3.8) is 0 Å². The quantitative estimate of drug-likeness (QED) is 0.366. The van der Waals surface area contributed by atoms with Crippen molar-refractivity contribution < 1.29 is 4.79 Å². The van der Waals surface area contributed by atoms with E-state index in [1.54, 1.807) is 34.5 Å². The van der Waals surface area contributed by atoms with E-state index in [0.717, 1.165) is 22.2 Å². The lowest BCUT2D eigenvalue weighted by atomic mass is 10.3. The lowest BCUT2D eigenvalue weighted by Gasteiger charge is -2.07. The topological polar surface area (TPSA) is 96.5 Å². The zero-order valence-corrected chi connectivity index (χ0v) is 19.1. The number of amides is 1. The number of thioether (sulfide) groups is 2. The third kappa shape index (κ3) is 4.67. The molecule has 152 valence electrons. The number of hydrogen-bond acceptors (Lipinski definition) is 9. The van der Waals surface area contributed by atoms with Crippen molar-refractivity contribution in [3.05, 3.63) is 47.1 Å². The molecule has 0 fully saturated rings. The minimum absolute atomic E-state index is 0.171. The summed E-state index contributed by atoms with van der Waals surface area (Å²) >= 11 is 5.98. The molecule has 0 unspecified atom stereocenters. The third-order valence-corrected chi connectivity index (χ3v) is 8.05. The molecular weight excluding hydrogens is 457 g/mol. The number of nitrogens with one attached hydrogen (secondary N) is 1. The second-order valence-electron chi connectivity index (χ2n) is 5.99. The molecule has 0 spiro atoms. The largest absolute Gasteiger partial charge is 0.316 e. The third-order valence-electron chi connectivity index (χ3n) is 4.08. The van der Waals surface area contributed by atoms with Crippen LogP contribution in [0.15, 0.2) is 45.2 Å². The summed E-state index contributed by atoms with van der Waals surface area (Å²) in [7, 11) is 0. The second kappa shape index (κ2) is 9.61. The molecular formula is C19H16N6OS4. The Bertz CT molecular complexity index is 1190. The van der Waals surface area contributed by atoms with Crippen LogP contribution < -0.4 is 5.32 Å². The molecule has 11 heteroatoms. The number of carbonyl (C=O) groups excluding carboxylic acids is 1. The van der Waals surface area contributed by atoms with Gasteiger partial charge >= 0.3 is 0 Å². The van der Waals surface area contributed by atoms with Gasteiger partial charge < -0.3 is 9.88 Å². The first-order valence-electron chi connectivity index (χ1n) is 8.98. The van der Waals surface area contributed by atoms with E-state index >= 15 is 0 Å². The summed E-state index contributed by atoms with van der Waals surface area (Å²) in [6, 6.07) is 11.8. The van der Waals surface area contributed by atoms with Crippen molar-refractivity contribution in [2.75, 3.05) is 11.1 Å². The van der Waals surface area contributed by atoms with Gasteiger partial charge in [0.05, 0.1) is 27.3 Å². The molecule has 3 heterocycles. The second-order valence-corrected chi connectivity index (χ2v) is 10.1. The molecule has 3 aromatic heterocycles. The van der Waals surface area contributed by atoms with Crippen LogP contribution in [-0.2, 0) is 17.1 Å². The number of nitriles is 1. The highest BCUT2D eigenvalue weighted by Crippen LogP contribution is 2.31. The number of thiophene rings is 1. The highest BCUT2D eigenvalue weighted by Gasteiger charge is 2.15. The lowest BCUT2D eigenvalue weighted by molar-refractivity contribution is -0.113. The molecule has 4 aromatic rings. The smallest absolute Gasteiger partial charge is 0.235 e. The van der Waals surface area contributed by atoms with E-state index in [2.05, 4.69) is 32.6 Å². The number of fused-ring (bicyclic) bond motifs is 1. The average molecular weight is 473 g/mol. The zero-order chi connectivity index (χ0) is 20.9. The van der Waals surface area contributed by atoms with E-state index < -0.39 is 0 Å². The minimum Gasteiger partial charge on any atom is -0.316 e. The summed E-state index contributed by atoms with van der Waals surface area (Å²) in [5.41, 5.74) is 1.48. The number of nitrogens with zero attached hydrogens (tertiary/aromatic N) is 5. The lowest BCUT2D eigenvalue weighted by Crippen LogP contribution is -2.14. The number of benzene rings is 1. The summed E-state index contributed by atoms with van der Waals surface area (Å²) in [5.74, 6) is 1.55. The monoisotopic (exact) mass is 472 g/mol. The van der Waals surface area contributed by atoms with Crippen molar-refractivity contribution in [2.45, 2.75) is 28.7 Å². The number of para-hydroxylation sites is 1. The van der Waals surface area contributed by atoms with Gasteiger partial charge in [0.2, 0.25) is 5.91 Å². The van der Waals surface area contributed by atoms with E-state index in [9.17, 15) is 4.79 Å². The standard InChI is InChI=1S/C19H16N6OS4/c1-2-25-15(10-29-19-21-13-5-3-4-6-14(13)30-19)23-24-18(25)28-11-16(26)22-17-12(9-20)7-8-27-17/h3-8H,2,10-11H2,1H3,(H,22,26). The van der Waals surface area contributed by atoms with Gasteiger partial charge in [-0.3, -0.25) is 4.79 Å². The maximum Gasteiger partial charge on any atom is 0.235 e. The molecule has 0 aliphatic heterocycles. The molecule has 0 saturated carbocycles. The minimum atomic E-state index is -0.171. The number of hydrogen-bond donors (Lipinski definition) is 1. The Kier molecular flexibility index (Phi) is 6.69. The summed E-state index contributed by atoms with van der Waals surface area (Å²) in [4.78, 5) is 16.9. The first kappa shape index (κ1) is 20.9. The molecule has 1 aromatic carbocycles. The molecule has 0 bridgehead atoms. The zero-order valence-electron chi connectivity index (χ0n) is 15.9. The van der Waals surface area contributed by atoms with Gasteiger partial charge in [0, 0.05) is 6.54 Å². The number of aromatic nitrogens is 4. The first-order valence-corrected chi connectivity index (χ1v) is 12.7. The van der Waals surface area contributed by atoms with Crippen LogP contribution in [0.25, 0.3) is 10.2 Å². The van der Waals surface area contributed by atoms with Crippen molar-refractivity contribution >= 4 is 67.3 Å². The van der Waals surface area contributed by atoms with Crippen molar-refractivity contribution in [3.8, 4) is 6.07 Å². The highest BCUT2D eigenvalue weighted by molar-refractivity contribution is 8.00. The molecule has 0 aliphatic carbocycles. The summed E-state index contributed by atoms with van der Waals surface area (Å²) in [5, 5.41) is 23.5.